The van der Waals surface area contributed by atoms with E-state index in [1.165, 1.54) is 6.08 Å². The highest BCUT2D eigenvalue weighted by Gasteiger charge is 2.24. The van der Waals surface area contributed by atoms with Gasteiger partial charge in [0.1, 0.15) is 0 Å². The second-order valence-electron chi connectivity index (χ2n) is 2.07. The largest absolute Gasteiger partial charge is 0.392 e. The van der Waals surface area contributed by atoms with Crippen molar-refractivity contribution in [2.24, 2.45) is 0 Å². The maximum atomic E-state index is 11.4. The third-order valence-electron chi connectivity index (χ3n) is 0.752. The zero-order valence-electron chi connectivity index (χ0n) is 5.70. The van der Waals surface area contributed by atoms with Crippen molar-refractivity contribution in [3.05, 3.63) is 24.3 Å². The SMILES string of the molecule is C=C(C)/C=C\CC(F)(F)F. The summed E-state index contributed by atoms with van der Waals surface area (Å²) in [6.07, 6.45) is -2.55. The molecule has 0 aromatic heterocycles. The highest BCUT2D eigenvalue weighted by atomic mass is 19.4. The topological polar surface area (TPSA) is 0 Å². The molecule has 0 nitrogen and oxygen atoms in total. The third kappa shape index (κ3) is 7.27. The van der Waals surface area contributed by atoms with Gasteiger partial charge in [-0.25, -0.2) is 0 Å². The summed E-state index contributed by atoms with van der Waals surface area (Å²) < 4.78 is 34.3. The van der Waals surface area contributed by atoms with Crippen LogP contribution < -0.4 is 0 Å². The molecule has 0 atom stereocenters. The highest BCUT2D eigenvalue weighted by Crippen LogP contribution is 2.19. The highest BCUT2D eigenvalue weighted by molar-refractivity contribution is 5.10. The van der Waals surface area contributed by atoms with Gasteiger partial charge in [-0.3, -0.25) is 0 Å². The first-order valence-corrected chi connectivity index (χ1v) is 2.80. The maximum Gasteiger partial charge on any atom is 0.392 e. The van der Waals surface area contributed by atoms with Crippen LogP contribution >= 0.6 is 0 Å². The number of alkyl halides is 3. The smallest absolute Gasteiger partial charge is 0.171 e. The van der Waals surface area contributed by atoms with Crippen LogP contribution in [0.1, 0.15) is 13.3 Å². The Balaban J connectivity index is 3.64. The van der Waals surface area contributed by atoms with E-state index in [9.17, 15) is 13.2 Å². The predicted octanol–water partition coefficient (Wildman–Crippen LogP) is 3.07. The van der Waals surface area contributed by atoms with Gasteiger partial charge >= 0.3 is 6.18 Å². The lowest BCUT2D eigenvalue weighted by molar-refractivity contribution is -0.125. The van der Waals surface area contributed by atoms with Gasteiger partial charge in [-0.1, -0.05) is 24.3 Å². The average Bonchev–Trinajstić information content (AvgIpc) is 1.59. The van der Waals surface area contributed by atoms with Gasteiger partial charge in [0, 0.05) is 0 Å². The van der Waals surface area contributed by atoms with Crippen molar-refractivity contribution in [3.63, 3.8) is 0 Å². The standard InChI is InChI=1S/C7H9F3/c1-6(2)4-3-5-7(8,9)10/h3-4H,1,5H2,2H3/b4-3-. The molecule has 0 bridgehead atoms. The van der Waals surface area contributed by atoms with E-state index in [0.29, 0.717) is 5.57 Å². The minimum absolute atomic E-state index is 0.629. The number of allylic oxidation sites excluding steroid dienone is 3. The molecule has 3 heteroatoms. The van der Waals surface area contributed by atoms with Gasteiger partial charge in [0.15, 0.2) is 0 Å². The van der Waals surface area contributed by atoms with Crippen LogP contribution in [0.25, 0.3) is 0 Å². The van der Waals surface area contributed by atoms with Crippen LogP contribution in [0.3, 0.4) is 0 Å². The fourth-order valence-corrected chi connectivity index (χ4v) is 0.394. The van der Waals surface area contributed by atoms with E-state index >= 15 is 0 Å². The Morgan fingerprint density at radius 2 is 2.00 bits per heavy atom. The summed E-state index contributed by atoms with van der Waals surface area (Å²) >= 11 is 0. The van der Waals surface area contributed by atoms with Gasteiger partial charge in [0.2, 0.25) is 0 Å². The molecule has 0 fully saturated rings. The Hall–Kier alpha value is -0.730. The zero-order valence-corrected chi connectivity index (χ0v) is 5.70. The van der Waals surface area contributed by atoms with E-state index in [2.05, 4.69) is 6.58 Å². The van der Waals surface area contributed by atoms with E-state index in [4.69, 9.17) is 0 Å². The Morgan fingerprint density at radius 1 is 1.50 bits per heavy atom. The maximum absolute atomic E-state index is 11.4. The molecular weight excluding hydrogens is 141 g/mol. The van der Waals surface area contributed by atoms with Crippen molar-refractivity contribution in [2.75, 3.05) is 0 Å². The number of halogens is 3. The van der Waals surface area contributed by atoms with Gasteiger partial charge in [-0.05, 0) is 6.92 Å². The molecule has 0 saturated carbocycles. The molecule has 0 rings (SSSR count). The average molecular weight is 150 g/mol. The molecule has 0 aromatic carbocycles. The van der Waals surface area contributed by atoms with Gasteiger partial charge in [0.05, 0.1) is 6.42 Å². The van der Waals surface area contributed by atoms with Crippen molar-refractivity contribution in [1.82, 2.24) is 0 Å². The molecule has 0 aliphatic rings. The fourth-order valence-electron chi connectivity index (χ4n) is 0.394. The number of hydrogen-bond donors (Lipinski definition) is 0. The van der Waals surface area contributed by atoms with Crippen LogP contribution in [0.4, 0.5) is 13.2 Å². The molecule has 0 amide bonds. The lowest BCUT2D eigenvalue weighted by atomic mass is 10.3. The van der Waals surface area contributed by atoms with Crippen LogP contribution in [-0.4, -0.2) is 6.18 Å². The monoisotopic (exact) mass is 150 g/mol. The zero-order chi connectivity index (χ0) is 8.20. The van der Waals surface area contributed by atoms with Crippen LogP contribution in [0.15, 0.2) is 24.3 Å². The van der Waals surface area contributed by atoms with Crippen molar-refractivity contribution in [2.45, 2.75) is 19.5 Å². The molecule has 0 spiro atoms. The molecular formula is C7H9F3. The summed E-state index contributed by atoms with van der Waals surface area (Å²) in [5.41, 5.74) is 0.629. The summed E-state index contributed by atoms with van der Waals surface area (Å²) in [7, 11) is 0. The van der Waals surface area contributed by atoms with E-state index in [1.54, 1.807) is 6.92 Å². The minimum Gasteiger partial charge on any atom is -0.171 e. The Morgan fingerprint density at radius 3 is 2.30 bits per heavy atom. The van der Waals surface area contributed by atoms with Crippen molar-refractivity contribution < 1.29 is 13.2 Å². The summed E-state index contributed by atoms with van der Waals surface area (Å²) in [4.78, 5) is 0. The van der Waals surface area contributed by atoms with Crippen molar-refractivity contribution in [1.29, 1.82) is 0 Å². The molecule has 0 radical (unpaired) electrons. The molecule has 58 valence electrons. The summed E-state index contributed by atoms with van der Waals surface area (Å²) in [5.74, 6) is 0. The van der Waals surface area contributed by atoms with Gasteiger partial charge in [0.25, 0.3) is 0 Å². The molecule has 0 unspecified atom stereocenters. The lowest BCUT2D eigenvalue weighted by Crippen LogP contribution is -2.03. The summed E-state index contributed by atoms with van der Waals surface area (Å²) in [5, 5.41) is 0. The predicted molar refractivity (Wildman–Crippen MR) is 34.6 cm³/mol. The van der Waals surface area contributed by atoms with Crippen LogP contribution in [0, 0.1) is 0 Å². The Kier molecular flexibility index (Phi) is 3.19. The first-order chi connectivity index (χ1) is 4.42. The van der Waals surface area contributed by atoms with Crippen LogP contribution in [0.5, 0.6) is 0 Å². The number of hydrogen-bond acceptors (Lipinski definition) is 0. The van der Waals surface area contributed by atoms with E-state index in [0.717, 1.165) is 6.08 Å². The molecule has 0 saturated heterocycles. The normalized spacial score (nSPS) is 12.4. The van der Waals surface area contributed by atoms with Gasteiger partial charge < -0.3 is 0 Å². The second-order valence-corrected chi connectivity index (χ2v) is 2.07. The van der Waals surface area contributed by atoms with E-state index in [1.807, 2.05) is 0 Å². The fraction of sp³-hybridized carbons (Fsp3) is 0.429. The molecule has 0 aliphatic heterocycles. The van der Waals surface area contributed by atoms with Crippen molar-refractivity contribution in [3.8, 4) is 0 Å². The quantitative estimate of drug-likeness (QED) is 0.530. The first kappa shape index (κ1) is 9.27. The van der Waals surface area contributed by atoms with Crippen LogP contribution in [0.2, 0.25) is 0 Å². The Bertz CT molecular complexity index is 141. The molecule has 10 heavy (non-hydrogen) atoms. The van der Waals surface area contributed by atoms with E-state index < -0.39 is 12.6 Å². The first-order valence-electron chi connectivity index (χ1n) is 2.80. The minimum atomic E-state index is -4.09. The molecule has 0 N–H and O–H groups in total. The molecule has 0 aromatic rings. The Labute approximate surface area is 58.0 Å². The lowest BCUT2D eigenvalue weighted by Gasteiger charge is -1.99. The van der Waals surface area contributed by atoms with Crippen molar-refractivity contribution >= 4 is 0 Å². The molecule has 0 aliphatic carbocycles. The van der Waals surface area contributed by atoms with E-state index in [-0.39, 0.29) is 0 Å². The number of rotatable bonds is 2. The molecule has 0 heterocycles. The van der Waals surface area contributed by atoms with Gasteiger partial charge in [-0.15, -0.1) is 0 Å². The second kappa shape index (κ2) is 3.44. The van der Waals surface area contributed by atoms with Gasteiger partial charge in [-0.2, -0.15) is 13.2 Å². The van der Waals surface area contributed by atoms with Crippen LogP contribution in [-0.2, 0) is 0 Å². The summed E-state index contributed by atoms with van der Waals surface area (Å²) in [6.45, 7) is 5.07. The summed E-state index contributed by atoms with van der Waals surface area (Å²) in [6, 6.07) is 0. The third-order valence-corrected chi connectivity index (χ3v) is 0.752.